The van der Waals surface area contributed by atoms with Crippen LogP contribution in [0.1, 0.15) is 31.9 Å². The van der Waals surface area contributed by atoms with Crippen molar-refractivity contribution in [2.24, 2.45) is 5.92 Å². The lowest BCUT2D eigenvalue weighted by molar-refractivity contribution is 0.403. The average molecular weight is 286 g/mol. The smallest absolute Gasteiger partial charge is 0.138 e. The molecule has 2 rings (SSSR count). The number of aromatic hydroxyl groups is 2. The Labute approximate surface area is 125 Å². The molecule has 112 valence electrons. The van der Waals surface area contributed by atoms with Gasteiger partial charge in [-0.15, -0.1) is 0 Å². The zero-order chi connectivity index (χ0) is 15.8. The summed E-state index contributed by atoms with van der Waals surface area (Å²) in [6.07, 6.45) is 0. The van der Waals surface area contributed by atoms with Crippen LogP contribution in [0.3, 0.4) is 0 Å². The molecule has 0 radical (unpaired) electrons. The highest BCUT2D eigenvalue weighted by Gasteiger charge is 2.33. The van der Waals surface area contributed by atoms with E-state index in [1.807, 2.05) is 12.1 Å². The molecule has 0 aromatic heterocycles. The van der Waals surface area contributed by atoms with Crippen molar-refractivity contribution in [3.05, 3.63) is 47.5 Å². The summed E-state index contributed by atoms with van der Waals surface area (Å²) in [5.74, 6) is 0.426. The third kappa shape index (κ3) is 2.49. The first-order valence-corrected chi connectivity index (χ1v) is 6.94. The average Bonchev–Trinajstić information content (AvgIpc) is 2.43. The highest BCUT2D eigenvalue weighted by atomic mass is 16.3. The van der Waals surface area contributed by atoms with Gasteiger partial charge in [-0.25, -0.2) is 0 Å². The molecular formula is C17H22N2O2. The zero-order valence-corrected chi connectivity index (χ0v) is 12.6. The van der Waals surface area contributed by atoms with E-state index in [0.29, 0.717) is 11.4 Å². The molecule has 0 fully saturated rings. The van der Waals surface area contributed by atoms with Crippen molar-refractivity contribution in [1.82, 2.24) is 0 Å². The summed E-state index contributed by atoms with van der Waals surface area (Å²) < 4.78 is 0. The molecule has 0 saturated carbocycles. The molecule has 4 nitrogen and oxygen atoms in total. The molecule has 4 heteroatoms. The van der Waals surface area contributed by atoms with Crippen LogP contribution in [0.15, 0.2) is 36.4 Å². The Morgan fingerprint density at radius 3 is 1.52 bits per heavy atom. The molecule has 21 heavy (non-hydrogen) atoms. The van der Waals surface area contributed by atoms with Gasteiger partial charge in [0.25, 0.3) is 0 Å². The number of nitrogens with two attached hydrogens (primary N) is 2. The number of benzene rings is 2. The van der Waals surface area contributed by atoms with Crippen LogP contribution in [0.5, 0.6) is 11.5 Å². The Morgan fingerprint density at radius 2 is 1.24 bits per heavy atom. The summed E-state index contributed by atoms with van der Waals surface area (Å²) in [6, 6.07) is 10.5. The predicted molar refractivity (Wildman–Crippen MR) is 86.3 cm³/mol. The van der Waals surface area contributed by atoms with E-state index in [2.05, 4.69) is 20.8 Å². The maximum absolute atomic E-state index is 9.62. The van der Waals surface area contributed by atoms with E-state index in [1.165, 1.54) is 0 Å². The molecule has 2 aromatic rings. The van der Waals surface area contributed by atoms with Gasteiger partial charge in [0, 0.05) is 5.41 Å². The highest BCUT2D eigenvalue weighted by Crippen LogP contribution is 2.42. The number of nitrogen functional groups attached to an aromatic ring is 2. The second-order valence-electron chi connectivity index (χ2n) is 5.90. The van der Waals surface area contributed by atoms with Crippen LogP contribution in [0.4, 0.5) is 11.4 Å². The lowest BCUT2D eigenvalue weighted by Crippen LogP contribution is -2.30. The summed E-state index contributed by atoms with van der Waals surface area (Å²) >= 11 is 0. The molecular weight excluding hydrogens is 264 g/mol. The summed E-state index contributed by atoms with van der Waals surface area (Å²) in [6.45, 7) is 6.34. The van der Waals surface area contributed by atoms with E-state index in [1.54, 1.807) is 24.3 Å². The SMILES string of the molecule is CC(C)C(C)(c1ccc(O)c(N)c1)c1ccc(O)c(N)c1. The van der Waals surface area contributed by atoms with Crippen molar-refractivity contribution >= 4 is 11.4 Å². The topological polar surface area (TPSA) is 92.5 Å². The summed E-state index contributed by atoms with van der Waals surface area (Å²) in [4.78, 5) is 0. The van der Waals surface area contributed by atoms with Crippen molar-refractivity contribution in [2.75, 3.05) is 11.5 Å². The highest BCUT2D eigenvalue weighted by molar-refractivity contribution is 5.59. The lowest BCUT2D eigenvalue weighted by Gasteiger charge is -2.35. The van der Waals surface area contributed by atoms with Crippen molar-refractivity contribution in [3.63, 3.8) is 0 Å². The number of hydrogen-bond acceptors (Lipinski definition) is 4. The minimum Gasteiger partial charge on any atom is -0.506 e. The number of phenols is 2. The molecule has 0 aliphatic rings. The second kappa shape index (κ2) is 5.20. The predicted octanol–water partition coefficient (Wildman–Crippen LogP) is 3.22. The second-order valence-corrected chi connectivity index (χ2v) is 5.90. The normalized spacial score (nSPS) is 11.8. The summed E-state index contributed by atoms with van der Waals surface area (Å²) in [5, 5.41) is 19.2. The van der Waals surface area contributed by atoms with Gasteiger partial charge in [0.05, 0.1) is 11.4 Å². The van der Waals surface area contributed by atoms with Crippen molar-refractivity contribution in [3.8, 4) is 11.5 Å². The van der Waals surface area contributed by atoms with Gasteiger partial charge in [-0.2, -0.15) is 0 Å². The van der Waals surface area contributed by atoms with Crippen molar-refractivity contribution < 1.29 is 10.2 Å². The van der Waals surface area contributed by atoms with Crippen molar-refractivity contribution in [2.45, 2.75) is 26.2 Å². The van der Waals surface area contributed by atoms with E-state index in [0.717, 1.165) is 11.1 Å². The minimum atomic E-state index is -0.330. The van der Waals surface area contributed by atoms with E-state index >= 15 is 0 Å². The first-order chi connectivity index (χ1) is 9.76. The number of hydrogen-bond donors (Lipinski definition) is 4. The molecule has 0 unspecified atom stereocenters. The third-order valence-electron chi connectivity index (χ3n) is 4.41. The van der Waals surface area contributed by atoms with Gasteiger partial charge in [-0.05, 0) is 41.3 Å². The van der Waals surface area contributed by atoms with Crippen LogP contribution in [0.25, 0.3) is 0 Å². The Bertz CT molecular complexity index is 614. The fourth-order valence-electron chi connectivity index (χ4n) is 2.59. The van der Waals surface area contributed by atoms with Crippen LogP contribution in [0, 0.1) is 5.92 Å². The molecule has 0 atom stereocenters. The van der Waals surface area contributed by atoms with Crippen molar-refractivity contribution in [1.29, 1.82) is 0 Å². The number of anilines is 2. The van der Waals surface area contributed by atoms with Gasteiger partial charge in [0.2, 0.25) is 0 Å². The quantitative estimate of drug-likeness (QED) is 0.515. The van der Waals surface area contributed by atoms with Crippen LogP contribution in [-0.4, -0.2) is 10.2 Å². The molecule has 0 spiro atoms. The number of rotatable bonds is 3. The van der Waals surface area contributed by atoms with Gasteiger partial charge in [-0.1, -0.05) is 32.9 Å². The molecule has 0 heterocycles. The third-order valence-corrected chi connectivity index (χ3v) is 4.41. The fourth-order valence-corrected chi connectivity index (χ4v) is 2.59. The van der Waals surface area contributed by atoms with Crippen LogP contribution in [-0.2, 0) is 5.41 Å². The maximum Gasteiger partial charge on any atom is 0.138 e. The first-order valence-electron chi connectivity index (χ1n) is 6.94. The molecule has 0 saturated heterocycles. The maximum atomic E-state index is 9.62. The minimum absolute atomic E-state index is 0.0788. The summed E-state index contributed by atoms with van der Waals surface area (Å²) in [5.41, 5.74) is 14.0. The zero-order valence-electron chi connectivity index (χ0n) is 12.6. The lowest BCUT2D eigenvalue weighted by atomic mass is 9.68. The van der Waals surface area contributed by atoms with E-state index in [-0.39, 0.29) is 22.8 Å². The summed E-state index contributed by atoms with van der Waals surface area (Å²) in [7, 11) is 0. The molecule has 0 amide bonds. The van der Waals surface area contributed by atoms with Gasteiger partial charge in [0.1, 0.15) is 11.5 Å². The standard InChI is InChI=1S/C17H22N2O2/c1-10(2)17(3,11-4-6-15(20)13(18)8-11)12-5-7-16(21)14(19)9-12/h4-10,20-21H,18-19H2,1-3H3. The molecule has 2 aromatic carbocycles. The largest absolute Gasteiger partial charge is 0.506 e. The Kier molecular flexibility index (Phi) is 3.73. The Balaban J connectivity index is 2.64. The molecule has 0 bridgehead atoms. The Morgan fingerprint density at radius 1 is 0.857 bits per heavy atom. The molecule has 0 aliphatic heterocycles. The van der Waals surface area contributed by atoms with Crippen LogP contribution in [0.2, 0.25) is 0 Å². The Hall–Kier alpha value is -2.36. The monoisotopic (exact) mass is 286 g/mol. The van der Waals surface area contributed by atoms with Gasteiger partial charge >= 0.3 is 0 Å². The van der Waals surface area contributed by atoms with E-state index in [4.69, 9.17) is 11.5 Å². The van der Waals surface area contributed by atoms with Gasteiger partial charge < -0.3 is 21.7 Å². The van der Waals surface area contributed by atoms with Crippen LogP contribution < -0.4 is 11.5 Å². The van der Waals surface area contributed by atoms with Gasteiger partial charge in [0.15, 0.2) is 0 Å². The molecule has 6 N–H and O–H groups in total. The molecule has 0 aliphatic carbocycles. The fraction of sp³-hybridized carbons (Fsp3) is 0.294. The van der Waals surface area contributed by atoms with E-state index < -0.39 is 0 Å². The van der Waals surface area contributed by atoms with Gasteiger partial charge in [-0.3, -0.25) is 0 Å². The first kappa shape index (κ1) is 15.0. The van der Waals surface area contributed by atoms with E-state index in [9.17, 15) is 10.2 Å². The number of phenolic OH excluding ortho intramolecular Hbond substituents is 2. The van der Waals surface area contributed by atoms with Crippen LogP contribution >= 0.6 is 0 Å².